The van der Waals surface area contributed by atoms with E-state index in [1.54, 1.807) is 0 Å². The fourth-order valence-corrected chi connectivity index (χ4v) is 0.731. The second-order valence-electron chi connectivity index (χ2n) is 3.65. The number of hydrogen-bond acceptors (Lipinski definition) is 3. The average Bonchev–Trinajstić information content (AvgIpc) is 2.54. The van der Waals surface area contributed by atoms with E-state index in [1.807, 2.05) is 34.6 Å². The molecule has 14 heavy (non-hydrogen) atoms. The van der Waals surface area contributed by atoms with Gasteiger partial charge in [0.05, 0.1) is 5.69 Å². The van der Waals surface area contributed by atoms with Crippen LogP contribution in [0.15, 0.2) is 10.7 Å². The topological polar surface area (TPSA) is 69.1 Å². The third kappa shape index (κ3) is 3.20. The maximum Gasteiger partial charge on any atom is 0.304 e. The molecule has 2 N–H and O–H groups in total. The van der Waals surface area contributed by atoms with Crippen LogP contribution in [0.5, 0.6) is 0 Å². The smallest absolute Gasteiger partial charge is 0.304 e. The lowest BCUT2D eigenvalue weighted by atomic mass is 9.93. The number of amides is 1. The van der Waals surface area contributed by atoms with E-state index in [1.165, 1.54) is 6.26 Å². The van der Waals surface area contributed by atoms with Gasteiger partial charge in [-0.2, -0.15) is 0 Å². The van der Waals surface area contributed by atoms with Crippen molar-refractivity contribution in [1.29, 1.82) is 0 Å². The molecule has 0 radical (unpaired) electrons. The van der Waals surface area contributed by atoms with E-state index in [4.69, 9.17) is 10.2 Å². The van der Waals surface area contributed by atoms with Crippen LogP contribution < -0.4 is 5.73 Å². The van der Waals surface area contributed by atoms with Crippen LogP contribution in [0.4, 0.5) is 0 Å². The molecular formula is C10H20N2O2. The summed E-state index contributed by atoms with van der Waals surface area (Å²) in [4.78, 5) is 14.5. The van der Waals surface area contributed by atoms with Crippen molar-refractivity contribution in [3.8, 4) is 0 Å². The van der Waals surface area contributed by atoms with Gasteiger partial charge >= 0.3 is 5.91 Å². The van der Waals surface area contributed by atoms with Gasteiger partial charge in [-0.1, -0.05) is 34.6 Å². The van der Waals surface area contributed by atoms with Gasteiger partial charge in [0.15, 0.2) is 0 Å². The molecule has 0 aliphatic carbocycles. The molecule has 82 valence electrons. The highest BCUT2D eigenvalue weighted by Crippen LogP contribution is 2.20. The molecule has 1 amide bonds. The summed E-state index contributed by atoms with van der Waals surface area (Å²) in [6.45, 7) is 9.95. The van der Waals surface area contributed by atoms with E-state index < -0.39 is 5.91 Å². The van der Waals surface area contributed by atoms with E-state index in [0.717, 1.165) is 5.69 Å². The number of carbonyl (C=O) groups is 1. The molecular weight excluding hydrogens is 180 g/mol. The Morgan fingerprint density at radius 3 is 2.21 bits per heavy atom. The minimum atomic E-state index is -0.634. The zero-order valence-corrected chi connectivity index (χ0v) is 9.42. The summed E-state index contributed by atoms with van der Waals surface area (Å²) in [5.74, 6) is -0.662. The van der Waals surface area contributed by atoms with Crippen LogP contribution >= 0.6 is 0 Å². The van der Waals surface area contributed by atoms with E-state index in [0.29, 0.717) is 0 Å². The van der Waals surface area contributed by atoms with Crippen molar-refractivity contribution in [3.05, 3.63) is 17.8 Å². The second kappa shape index (κ2) is 4.79. The van der Waals surface area contributed by atoms with Gasteiger partial charge in [-0.25, -0.2) is 4.98 Å². The molecule has 1 rings (SSSR count). The predicted octanol–water partition coefficient (Wildman–Crippen LogP) is 2.34. The Hall–Kier alpha value is -1.32. The van der Waals surface area contributed by atoms with Gasteiger partial charge in [-0.15, -0.1) is 0 Å². The highest BCUT2D eigenvalue weighted by molar-refractivity contribution is 5.87. The molecule has 4 heteroatoms. The molecule has 0 saturated heterocycles. The van der Waals surface area contributed by atoms with Crippen molar-refractivity contribution in [1.82, 2.24) is 4.98 Å². The van der Waals surface area contributed by atoms with Gasteiger partial charge in [0.2, 0.25) is 0 Å². The number of nitrogens with zero attached hydrogens (tertiary/aromatic N) is 1. The zero-order chi connectivity index (χ0) is 11.4. The summed E-state index contributed by atoms with van der Waals surface area (Å²) in [7, 11) is 0. The van der Waals surface area contributed by atoms with E-state index in [2.05, 4.69) is 4.98 Å². The first-order valence-corrected chi connectivity index (χ1v) is 4.67. The number of aromatic nitrogens is 1. The molecule has 0 atom stereocenters. The maximum atomic E-state index is 10.6. The van der Waals surface area contributed by atoms with Crippen molar-refractivity contribution in [2.45, 2.75) is 40.0 Å². The van der Waals surface area contributed by atoms with Crippen molar-refractivity contribution < 1.29 is 10.6 Å². The first-order valence-electron chi connectivity index (χ1n) is 4.67. The number of primary amides is 1. The summed E-state index contributed by atoms with van der Waals surface area (Å²) in [5, 5.41) is 0. The molecule has 0 bridgehead atoms. The Kier molecular flexibility index (Phi) is 4.34. The summed E-state index contributed by atoms with van der Waals surface area (Å²) >= 11 is 0. The third-order valence-electron chi connectivity index (χ3n) is 1.48. The van der Waals surface area contributed by atoms with Gasteiger partial charge < -0.3 is 10.2 Å². The predicted molar refractivity (Wildman–Crippen MR) is 57.2 cm³/mol. The molecule has 4 nitrogen and oxygen atoms in total. The molecule has 1 aromatic rings. The van der Waals surface area contributed by atoms with Gasteiger partial charge in [0.25, 0.3) is 5.89 Å². The standard InChI is InChI=1S/C8H12N2O2.C2H6.H2/c1-8(2,3)5-4-12-7(10-5)6(9)11;1-2;/h4H,1-3H3,(H2,9,11);1-2H3;1H. The number of rotatable bonds is 1. The summed E-state index contributed by atoms with van der Waals surface area (Å²) in [6.07, 6.45) is 1.46. The first-order chi connectivity index (χ1) is 6.41. The van der Waals surface area contributed by atoms with Crippen LogP contribution in [-0.4, -0.2) is 10.9 Å². The molecule has 0 aliphatic heterocycles. The quantitative estimate of drug-likeness (QED) is 0.756. The van der Waals surface area contributed by atoms with E-state index >= 15 is 0 Å². The van der Waals surface area contributed by atoms with Crippen LogP contribution in [-0.2, 0) is 5.41 Å². The lowest BCUT2D eigenvalue weighted by molar-refractivity contribution is 0.0967. The number of nitrogens with two attached hydrogens (primary N) is 1. The minimum Gasteiger partial charge on any atom is -0.441 e. The van der Waals surface area contributed by atoms with Gasteiger partial charge in [-0.05, 0) is 0 Å². The number of hydrogen-bond donors (Lipinski definition) is 1. The Labute approximate surface area is 86.0 Å². The average molecular weight is 200 g/mol. The Morgan fingerprint density at radius 2 is 2.00 bits per heavy atom. The highest BCUT2D eigenvalue weighted by Gasteiger charge is 2.20. The van der Waals surface area contributed by atoms with Crippen molar-refractivity contribution in [2.75, 3.05) is 0 Å². The van der Waals surface area contributed by atoms with Crippen molar-refractivity contribution in [3.63, 3.8) is 0 Å². The Morgan fingerprint density at radius 1 is 1.50 bits per heavy atom. The fourth-order valence-electron chi connectivity index (χ4n) is 0.731. The van der Waals surface area contributed by atoms with Crippen LogP contribution in [0, 0.1) is 0 Å². The minimum absolute atomic E-state index is 0. The van der Waals surface area contributed by atoms with Crippen LogP contribution in [0.25, 0.3) is 0 Å². The van der Waals surface area contributed by atoms with Crippen molar-refractivity contribution in [2.24, 2.45) is 5.73 Å². The molecule has 0 saturated carbocycles. The highest BCUT2D eigenvalue weighted by atomic mass is 16.3. The first kappa shape index (κ1) is 12.7. The molecule has 1 aromatic heterocycles. The van der Waals surface area contributed by atoms with Gasteiger partial charge in [-0.3, -0.25) is 4.79 Å². The molecule has 0 unspecified atom stereocenters. The summed E-state index contributed by atoms with van der Waals surface area (Å²) in [5.41, 5.74) is 5.59. The monoisotopic (exact) mass is 200 g/mol. The van der Waals surface area contributed by atoms with Crippen molar-refractivity contribution >= 4 is 5.91 Å². The maximum absolute atomic E-state index is 10.6. The lowest BCUT2D eigenvalue weighted by Crippen LogP contribution is -2.14. The van der Waals surface area contributed by atoms with Crippen LogP contribution in [0.1, 0.15) is 52.4 Å². The fraction of sp³-hybridized carbons (Fsp3) is 0.600. The largest absolute Gasteiger partial charge is 0.441 e. The summed E-state index contributed by atoms with van der Waals surface area (Å²) in [6, 6.07) is 0. The van der Waals surface area contributed by atoms with Crippen LogP contribution in [0.3, 0.4) is 0 Å². The Balaban J connectivity index is 0. The van der Waals surface area contributed by atoms with E-state index in [9.17, 15) is 4.79 Å². The van der Waals surface area contributed by atoms with Crippen LogP contribution in [0.2, 0.25) is 0 Å². The number of oxazole rings is 1. The normalized spacial score (nSPS) is 10.4. The molecule has 0 aromatic carbocycles. The molecule has 0 fully saturated rings. The number of carbonyl (C=O) groups excluding carboxylic acids is 1. The molecule has 1 heterocycles. The molecule has 0 aliphatic rings. The SMILES string of the molecule is CC.CC(C)(C)c1coc(C(N)=O)n1.[HH]. The van der Waals surface area contributed by atoms with Gasteiger partial charge in [0, 0.05) is 6.84 Å². The lowest BCUT2D eigenvalue weighted by Gasteiger charge is -2.12. The summed E-state index contributed by atoms with van der Waals surface area (Å²) < 4.78 is 4.87. The zero-order valence-electron chi connectivity index (χ0n) is 9.42. The molecule has 0 spiro atoms. The van der Waals surface area contributed by atoms with E-state index in [-0.39, 0.29) is 12.7 Å². The van der Waals surface area contributed by atoms with Gasteiger partial charge in [0.1, 0.15) is 6.26 Å². The third-order valence-corrected chi connectivity index (χ3v) is 1.48. The Bertz CT molecular complexity index is 303. The second-order valence-corrected chi connectivity index (χ2v) is 3.65.